The maximum absolute atomic E-state index is 14.0. The Kier molecular flexibility index (Phi) is 6.80. The first-order chi connectivity index (χ1) is 17.9. The fourth-order valence-electron chi connectivity index (χ4n) is 4.69. The Bertz CT molecular complexity index is 1710. The van der Waals surface area contributed by atoms with Crippen molar-refractivity contribution in [3.63, 3.8) is 0 Å². The van der Waals surface area contributed by atoms with E-state index < -0.39 is 12.0 Å². The standard InChI is InChI=1S/C30H28N2O4S/c1-5-35-24-16-15-20-9-7-8-10-22(20)23(24)17-25-28(33)32-27(21-13-11-18(3)12-14-21)26(29(34)36-6-2)19(4)31-30(32)37-25/h7-17,27H,5-6H2,1-4H3/t27-/m1/s1. The van der Waals surface area contributed by atoms with Crippen LogP contribution in [0.2, 0.25) is 0 Å². The largest absolute Gasteiger partial charge is 0.493 e. The van der Waals surface area contributed by atoms with Gasteiger partial charge in [-0.3, -0.25) is 9.36 Å². The topological polar surface area (TPSA) is 69.9 Å². The summed E-state index contributed by atoms with van der Waals surface area (Å²) in [6, 6.07) is 19.2. The summed E-state index contributed by atoms with van der Waals surface area (Å²) >= 11 is 1.31. The van der Waals surface area contributed by atoms with Crippen LogP contribution >= 0.6 is 11.3 Å². The summed E-state index contributed by atoms with van der Waals surface area (Å²) in [6.45, 7) is 8.25. The molecule has 0 saturated carbocycles. The Morgan fingerprint density at radius 2 is 1.78 bits per heavy atom. The molecule has 0 aliphatic carbocycles. The van der Waals surface area contributed by atoms with E-state index in [0.29, 0.717) is 33.0 Å². The lowest BCUT2D eigenvalue weighted by Gasteiger charge is -2.24. The number of aromatic nitrogens is 1. The van der Waals surface area contributed by atoms with Crippen LogP contribution in [-0.2, 0) is 9.53 Å². The van der Waals surface area contributed by atoms with Crippen LogP contribution in [0.25, 0.3) is 16.8 Å². The van der Waals surface area contributed by atoms with E-state index in [1.165, 1.54) is 11.3 Å². The van der Waals surface area contributed by atoms with E-state index in [1.54, 1.807) is 18.4 Å². The number of hydrogen-bond donors (Lipinski definition) is 0. The van der Waals surface area contributed by atoms with E-state index in [-0.39, 0.29) is 12.2 Å². The summed E-state index contributed by atoms with van der Waals surface area (Å²) in [6.07, 6.45) is 1.88. The molecule has 2 heterocycles. The second-order valence-electron chi connectivity index (χ2n) is 8.84. The van der Waals surface area contributed by atoms with Crippen molar-refractivity contribution in [1.82, 2.24) is 4.57 Å². The Morgan fingerprint density at radius 3 is 2.51 bits per heavy atom. The van der Waals surface area contributed by atoms with Crippen molar-refractivity contribution in [3.8, 4) is 5.75 Å². The van der Waals surface area contributed by atoms with E-state index >= 15 is 0 Å². The van der Waals surface area contributed by atoms with Crippen molar-refractivity contribution in [2.45, 2.75) is 33.7 Å². The number of carbonyl (C=O) groups excluding carboxylic acids is 1. The van der Waals surface area contributed by atoms with Crippen LogP contribution in [0.3, 0.4) is 0 Å². The van der Waals surface area contributed by atoms with Gasteiger partial charge in [-0.15, -0.1) is 0 Å². The maximum Gasteiger partial charge on any atom is 0.338 e. The van der Waals surface area contributed by atoms with Crippen molar-refractivity contribution in [2.75, 3.05) is 13.2 Å². The number of allylic oxidation sites excluding steroid dienone is 1. The molecule has 4 aromatic rings. The van der Waals surface area contributed by atoms with Crippen LogP contribution in [0.5, 0.6) is 5.75 Å². The third-order valence-electron chi connectivity index (χ3n) is 6.42. The van der Waals surface area contributed by atoms with Crippen LogP contribution in [0.4, 0.5) is 0 Å². The van der Waals surface area contributed by atoms with Gasteiger partial charge in [-0.05, 0) is 56.2 Å². The van der Waals surface area contributed by atoms with E-state index in [9.17, 15) is 9.59 Å². The first kappa shape index (κ1) is 24.7. The molecule has 1 aliphatic rings. The molecule has 0 N–H and O–H groups in total. The molecule has 5 rings (SSSR count). The second-order valence-corrected chi connectivity index (χ2v) is 9.85. The number of ether oxygens (including phenoxy) is 2. The lowest BCUT2D eigenvalue weighted by Crippen LogP contribution is -2.39. The van der Waals surface area contributed by atoms with Gasteiger partial charge in [-0.1, -0.05) is 71.5 Å². The minimum Gasteiger partial charge on any atom is -0.493 e. The normalized spacial score (nSPS) is 15.5. The summed E-state index contributed by atoms with van der Waals surface area (Å²) in [5.41, 5.74) is 3.49. The van der Waals surface area contributed by atoms with Crippen molar-refractivity contribution < 1.29 is 14.3 Å². The van der Waals surface area contributed by atoms with Crippen molar-refractivity contribution in [1.29, 1.82) is 0 Å². The number of carbonyl (C=O) groups is 1. The summed E-state index contributed by atoms with van der Waals surface area (Å²) in [4.78, 5) is 32.3. The number of rotatable bonds is 6. The number of hydrogen-bond acceptors (Lipinski definition) is 6. The fourth-order valence-corrected chi connectivity index (χ4v) is 5.72. The van der Waals surface area contributed by atoms with Gasteiger partial charge >= 0.3 is 5.97 Å². The zero-order valence-electron chi connectivity index (χ0n) is 21.3. The molecular weight excluding hydrogens is 484 g/mol. The first-order valence-electron chi connectivity index (χ1n) is 12.3. The Hall–Kier alpha value is -3.97. The van der Waals surface area contributed by atoms with Crippen molar-refractivity contribution in [3.05, 3.63) is 108 Å². The highest BCUT2D eigenvalue weighted by atomic mass is 32.1. The van der Waals surface area contributed by atoms with Gasteiger partial charge in [0, 0.05) is 5.56 Å². The van der Waals surface area contributed by atoms with Crippen LogP contribution < -0.4 is 19.6 Å². The van der Waals surface area contributed by atoms with Crippen molar-refractivity contribution >= 4 is 34.2 Å². The van der Waals surface area contributed by atoms with Crippen LogP contribution in [0, 0.1) is 6.92 Å². The first-order valence-corrected chi connectivity index (χ1v) is 13.1. The lowest BCUT2D eigenvalue weighted by atomic mass is 9.95. The smallest absolute Gasteiger partial charge is 0.338 e. The molecule has 0 saturated heterocycles. The van der Waals surface area contributed by atoms with E-state index in [4.69, 9.17) is 9.47 Å². The van der Waals surface area contributed by atoms with Gasteiger partial charge in [-0.25, -0.2) is 9.79 Å². The monoisotopic (exact) mass is 512 g/mol. The molecule has 0 unspecified atom stereocenters. The number of benzene rings is 3. The van der Waals surface area contributed by atoms with Gasteiger partial charge in [0.05, 0.1) is 35.1 Å². The summed E-state index contributed by atoms with van der Waals surface area (Å²) in [5, 5.41) is 2.06. The van der Waals surface area contributed by atoms with Gasteiger partial charge in [0.2, 0.25) is 0 Å². The maximum atomic E-state index is 14.0. The molecule has 0 radical (unpaired) electrons. The zero-order chi connectivity index (χ0) is 26.1. The van der Waals surface area contributed by atoms with Gasteiger partial charge in [0.25, 0.3) is 5.56 Å². The van der Waals surface area contributed by atoms with E-state index in [0.717, 1.165) is 27.5 Å². The highest BCUT2D eigenvalue weighted by molar-refractivity contribution is 7.07. The average molecular weight is 513 g/mol. The molecule has 1 aliphatic heterocycles. The minimum atomic E-state index is -0.628. The highest BCUT2D eigenvalue weighted by Crippen LogP contribution is 2.31. The molecular formula is C30H28N2O4S. The van der Waals surface area contributed by atoms with Gasteiger partial charge in [0.15, 0.2) is 4.80 Å². The number of fused-ring (bicyclic) bond motifs is 2. The quantitative estimate of drug-likeness (QED) is 0.353. The molecule has 37 heavy (non-hydrogen) atoms. The molecule has 188 valence electrons. The molecule has 0 spiro atoms. The van der Waals surface area contributed by atoms with Gasteiger partial charge in [-0.2, -0.15) is 0 Å². The highest BCUT2D eigenvalue weighted by Gasteiger charge is 2.33. The Morgan fingerprint density at radius 1 is 1.03 bits per heavy atom. The SMILES string of the molecule is CCOC(=O)C1=C(C)N=c2sc(=Cc3c(OCC)ccc4ccccc34)c(=O)n2[C@@H]1c1ccc(C)cc1. The number of aryl methyl sites for hydroxylation is 1. The Labute approximate surface area is 218 Å². The Balaban J connectivity index is 1.77. The van der Waals surface area contributed by atoms with Crippen LogP contribution in [0.1, 0.15) is 43.5 Å². The van der Waals surface area contributed by atoms with Crippen LogP contribution in [-0.4, -0.2) is 23.8 Å². The second kappa shape index (κ2) is 10.2. The third-order valence-corrected chi connectivity index (χ3v) is 7.40. The molecule has 3 aromatic carbocycles. The van der Waals surface area contributed by atoms with Gasteiger partial charge in [0.1, 0.15) is 5.75 Å². The number of thiazole rings is 1. The summed E-state index contributed by atoms with van der Waals surface area (Å²) in [7, 11) is 0. The van der Waals surface area contributed by atoms with Crippen LogP contribution in [0.15, 0.2) is 81.7 Å². The summed E-state index contributed by atoms with van der Waals surface area (Å²) in [5.74, 6) is 0.252. The molecule has 7 heteroatoms. The molecule has 6 nitrogen and oxygen atoms in total. The van der Waals surface area contributed by atoms with E-state index in [2.05, 4.69) is 4.99 Å². The minimum absolute atomic E-state index is 0.209. The molecule has 0 fully saturated rings. The summed E-state index contributed by atoms with van der Waals surface area (Å²) < 4.78 is 13.4. The third kappa shape index (κ3) is 4.51. The van der Waals surface area contributed by atoms with Gasteiger partial charge < -0.3 is 9.47 Å². The van der Waals surface area contributed by atoms with E-state index in [1.807, 2.05) is 80.6 Å². The lowest BCUT2D eigenvalue weighted by molar-refractivity contribution is -0.139. The average Bonchev–Trinajstić information content (AvgIpc) is 3.19. The molecule has 1 atom stereocenters. The van der Waals surface area contributed by atoms with Crippen molar-refractivity contribution in [2.24, 2.45) is 4.99 Å². The number of nitrogens with zero attached hydrogens (tertiary/aromatic N) is 2. The molecule has 0 amide bonds. The predicted molar refractivity (Wildman–Crippen MR) is 147 cm³/mol. The predicted octanol–water partition coefficient (Wildman–Crippen LogP) is 4.66. The fraction of sp³-hybridized carbons (Fsp3) is 0.233. The molecule has 1 aromatic heterocycles. The zero-order valence-corrected chi connectivity index (χ0v) is 22.1. The molecule has 0 bridgehead atoms. The number of esters is 1.